The average Bonchev–Trinajstić information content (AvgIpc) is 2.98. The van der Waals surface area contributed by atoms with Gasteiger partial charge >= 0.3 is 0 Å². The molecule has 6 heteroatoms. The summed E-state index contributed by atoms with van der Waals surface area (Å²) in [6.45, 7) is 5.09. The van der Waals surface area contributed by atoms with Crippen LogP contribution in [-0.2, 0) is 6.54 Å². The van der Waals surface area contributed by atoms with Crippen molar-refractivity contribution in [1.82, 2.24) is 19.7 Å². The molecular formula is C15H16N4S2. The topological polar surface area (TPSA) is 50.7 Å². The summed E-state index contributed by atoms with van der Waals surface area (Å²) in [5, 5.41) is 5.63. The fraction of sp³-hybridized carbons (Fsp3) is 0.267. The van der Waals surface area contributed by atoms with Gasteiger partial charge in [-0.1, -0.05) is 32.0 Å². The summed E-state index contributed by atoms with van der Waals surface area (Å²) < 4.78 is 4.97. The summed E-state index contributed by atoms with van der Waals surface area (Å²) in [4.78, 5) is 9.03. The molecule has 2 aromatic heterocycles. The molecule has 0 bridgehead atoms. The number of benzene rings is 1. The number of nitrogens with zero attached hydrogens (tertiary/aromatic N) is 3. The zero-order valence-electron chi connectivity index (χ0n) is 11.9. The average molecular weight is 316 g/mol. The van der Waals surface area contributed by atoms with Crippen LogP contribution in [0.4, 0.5) is 0 Å². The number of hydrogen-bond donors (Lipinski definition) is 1. The van der Waals surface area contributed by atoms with Crippen LogP contribution in [0.1, 0.15) is 19.4 Å². The highest BCUT2D eigenvalue weighted by molar-refractivity contribution is 8.00. The van der Waals surface area contributed by atoms with Crippen molar-refractivity contribution in [3.63, 3.8) is 0 Å². The van der Waals surface area contributed by atoms with Crippen molar-refractivity contribution in [3.8, 4) is 0 Å². The summed E-state index contributed by atoms with van der Waals surface area (Å²) in [5.41, 5.74) is 2.21. The molecule has 0 saturated carbocycles. The van der Waals surface area contributed by atoms with Gasteiger partial charge in [-0.25, -0.2) is 9.97 Å². The van der Waals surface area contributed by atoms with Crippen molar-refractivity contribution in [2.75, 3.05) is 0 Å². The second-order valence-electron chi connectivity index (χ2n) is 4.99. The molecule has 0 amide bonds. The third kappa shape index (κ3) is 3.58. The molecule has 0 radical (unpaired) electrons. The fourth-order valence-corrected chi connectivity index (χ4v) is 3.43. The summed E-state index contributed by atoms with van der Waals surface area (Å²) in [7, 11) is 0. The zero-order chi connectivity index (χ0) is 14.7. The summed E-state index contributed by atoms with van der Waals surface area (Å²) in [6, 6.07) is 10.8. The Bertz CT molecular complexity index is 726. The molecule has 2 heterocycles. The van der Waals surface area contributed by atoms with Crippen LogP contribution in [0.15, 0.2) is 46.0 Å². The van der Waals surface area contributed by atoms with Crippen LogP contribution in [-0.4, -0.2) is 20.4 Å². The number of hydrogen-bond acceptors (Lipinski definition) is 6. The van der Waals surface area contributed by atoms with Gasteiger partial charge in [-0.05, 0) is 41.0 Å². The van der Waals surface area contributed by atoms with Crippen LogP contribution in [0.5, 0.6) is 0 Å². The third-order valence-electron chi connectivity index (χ3n) is 2.99. The third-order valence-corrected chi connectivity index (χ3v) is 4.75. The van der Waals surface area contributed by atoms with E-state index in [-0.39, 0.29) is 0 Å². The Hall–Kier alpha value is -1.50. The van der Waals surface area contributed by atoms with Crippen LogP contribution in [0.3, 0.4) is 0 Å². The van der Waals surface area contributed by atoms with Crippen molar-refractivity contribution in [1.29, 1.82) is 0 Å². The van der Waals surface area contributed by atoms with Crippen molar-refractivity contribution in [2.24, 2.45) is 0 Å². The Morgan fingerprint density at radius 1 is 1.29 bits per heavy atom. The maximum absolute atomic E-state index is 4.79. The lowest BCUT2D eigenvalue weighted by Gasteiger charge is -2.12. The molecule has 0 unspecified atom stereocenters. The minimum Gasteiger partial charge on any atom is -0.310 e. The van der Waals surface area contributed by atoms with Crippen molar-refractivity contribution in [2.45, 2.75) is 35.8 Å². The van der Waals surface area contributed by atoms with Gasteiger partial charge in [-0.15, -0.1) is 0 Å². The van der Waals surface area contributed by atoms with Crippen LogP contribution < -0.4 is 5.32 Å². The second kappa shape index (κ2) is 6.51. The first-order chi connectivity index (χ1) is 10.2. The highest BCUT2D eigenvalue weighted by Crippen LogP contribution is 2.31. The van der Waals surface area contributed by atoms with E-state index in [1.54, 1.807) is 18.1 Å². The Morgan fingerprint density at radius 3 is 2.90 bits per heavy atom. The second-order valence-corrected chi connectivity index (χ2v) is 7.01. The Kier molecular flexibility index (Phi) is 4.48. The minimum absolute atomic E-state index is 0.441. The first kappa shape index (κ1) is 14.4. The normalized spacial score (nSPS) is 11.4. The standard InChI is InChI=1S/C15H16N4S2/c1-10(2)16-8-12-7-11-5-3-4-6-13(11)19-14(12)20-15-17-9-18-21-15/h3-7,9-10,16H,8H2,1-2H3. The molecule has 3 rings (SSSR count). The molecule has 21 heavy (non-hydrogen) atoms. The van der Waals surface area contributed by atoms with Gasteiger partial charge in [0.1, 0.15) is 11.4 Å². The van der Waals surface area contributed by atoms with Gasteiger partial charge in [0.25, 0.3) is 0 Å². The van der Waals surface area contributed by atoms with Crippen LogP contribution in [0.25, 0.3) is 10.9 Å². The zero-order valence-corrected chi connectivity index (χ0v) is 13.5. The molecule has 0 aliphatic rings. The lowest BCUT2D eigenvalue weighted by molar-refractivity contribution is 0.583. The van der Waals surface area contributed by atoms with E-state index in [0.29, 0.717) is 6.04 Å². The molecule has 1 aromatic carbocycles. The predicted octanol–water partition coefficient (Wildman–Crippen LogP) is 3.74. The molecule has 1 N–H and O–H groups in total. The molecule has 0 fully saturated rings. The summed E-state index contributed by atoms with van der Waals surface area (Å²) in [6.07, 6.45) is 1.58. The Morgan fingerprint density at radius 2 is 2.14 bits per heavy atom. The molecule has 0 aliphatic heterocycles. The number of pyridine rings is 1. The molecule has 4 nitrogen and oxygen atoms in total. The lowest BCUT2D eigenvalue weighted by atomic mass is 10.1. The largest absolute Gasteiger partial charge is 0.310 e. The van der Waals surface area contributed by atoms with Gasteiger partial charge in [-0.3, -0.25) is 0 Å². The fourth-order valence-electron chi connectivity index (χ4n) is 1.96. The SMILES string of the molecule is CC(C)NCc1cc2ccccc2nc1Sc1ncns1. The van der Waals surface area contributed by atoms with Gasteiger partial charge in [0.15, 0.2) is 4.34 Å². The molecule has 0 atom stereocenters. The molecular weight excluding hydrogens is 300 g/mol. The van der Waals surface area contributed by atoms with Gasteiger partial charge in [-0.2, -0.15) is 4.37 Å². The first-order valence-corrected chi connectivity index (χ1v) is 8.38. The highest BCUT2D eigenvalue weighted by Gasteiger charge is 2.11. The van der Waals surface area contributed by atoms with Crippen molar-refractivity contribution < 1.29 is 0 Å². The van der Waals surface area contributed by atoms with E-state index in [0.717, 1.165) is 21.4 Å². The van der Waals surface area contributed by atoms with E-state index in [1.165, 1.54) is 22.5 Å². The van der Waals surface area contributed by atoms with E-state index in [9.17, 15) is 0 Å². The number of nitrogens with one attached hydrogen (secondary N) is 1. The first-order valence-electron chi connectivity index (χ1n) is 6.79. The van der Waals surface area contributed by atoms with Crippen LogP contribution in [0, 0.1) is 0 Å². The van der Waals surface area contributed by atoms with Gasteiger partial charge in [0.05, 0.1) is 5.52 Å². The van der Waals surface area contributed by atoms with Gasteiger partial charge < -0.3 is 5.32 Å². The monoisotopic (exact) mass is 316 g/mol. The summed E-state index contributed by atoms with van der Waals surface area (Å²) >= 11 is 2.98. The van der Waals surface area contributed by atoms with E-state index in [2.05, 4.69) is 40.7 Å². The van der Waals surface area contributed by atoms with E-state index in [1.807, 2.05) is 18.2 Å². The smallest absolute Gasteiger partial charge is 0.176 e. The lowest BCUT2D eigenvalue weighted by Crippen LogP contribution is -2.22. The molecule has 0 aliphatic carbocycles. The maximum atomic E-state index is 4.79. The quantitative estimate of drug-likeness (QED) is 0.777. The summed E-state index contributed by atoms with van der Waals surface area (Å²) in [5.74, 6) is 0. The Balaban J connectivity index is 1.99. The predicted molar refractivity (Wildman–Crippen MR) is 87.8 cm³/mol. The van der Waals surface area contributed by atoms with E-state index >= 15 is 0 Å². The minimum atomic E-state index is 0.441. The van der Waals surface area contributed by atoms with Crippen LogP contribution >= 0.6 is 23.3 Å². The molecule has 0 saturated heterocycles. The van der Waals surface area contributed by atoms with Crippen molar-refractivity contribution >= 4 is 34.2 Å². The number of aromatic nitrogens is 3. The highest BCUT2D eigenvalue weighted by atomic mass is 32.2. The number of rotatable bonds is 5. The molecule has 3 aromatic rings. The Labute approximate surface area is 132 Å². The van der Waals surface area contributed by atoms with Crippen molar-refractivity contribution in [3.05, 3.63) is 42.2 Å². The molecule has 108 valence electrons. The van der Waals surface area contributed by atoms with Gasteiger partial charge in [0, 0.05) is 18.0 Å². The number of para-hydroxylation sites is 1. The van der Waals surface area contributed by atoms with E-state index in [4.69, 9.17) is 4.98 Å². The molecule has 0 spiro atoms. The van der Waals surface area contributed by atoms with E-state index < -0.39 is 0 Å². The van der Waals surface area contributed by atoms with Crippen LogP contribution in [0.2, 0.25) is 0 Å². The maximum Gasteiger partial charge on any atom is 0.176 e. The van der Waals surface area contributed by atoms with Gasteiger partial charge in [0.2, 0.25) is 0 Å². The number of fused-ring (bicyclic) bond motifs is 1.